The van der Waals surface area contributed by atoms with Gasteiger partial charge in [-0.1, -0.05) is 29.8 Å². The molecule has 3 rings (SSSR count). The average Bonchev–Trinajstić information content (AvgIpc) is 3.22. The Kier molecular flexibility index (Phi) is 5.91. The topological polar surface area (TPSA) is 63.7 Å². The van der Waals surface area contributed by atoms with Gasteiger partial charge in [-0.3, -0.25) is 9.59 Å². The van der Waals surface area contributed by atoms with E-state index >= 15 is 0 Å². The molecule has 0 bridgehead atoms. The summed E-state index contributed by atoms with van der Waals surface area (Å²) >= 11 is 5.86. The van der Waals surface area contributed by atoms with Crippen molar-refractivity contribution in [1.82, 2.24) is 4.90 Å². The van der Waals surface area contributed by atoms with Crippen LogP contribution < -0.4 is 0 Å². The van der Waals surface area contributed by atoms with Gasteiger partial charge in [-0.05, 0) is 50.1 Å². The fraction of sp³-hybridized carbons (Fsp3) is 0.286. The molecule has 1 aliphatic rings. The van der Waals surface area contributed by atoms with E-state index in [9.17, 15) is 14.4 Å². The number of carbonyl (C=O) groups is 3. The van der Waals surface area contributed by atoms with Gasteiger partial charge < -0.3 is 9.64 Å². The van der Waals surface area contributed by atoms with Gasteiger partial charge in [-0.2, -0.15) is 0 Å². The highest BCUT2D eigenvalue weighted by molar-refractivity contribution is 6.30. The number of carbonyl (C=O) groups excluding carboxylic acids is 3. The molecular formula is C21H20ClNO4. The van der Waals surface area contributed by atoms with E-state index in [0.717, 1.165) is 12.8 Å². The number of benzene rings is 2. The average molecular weight is 386 g/mol. The Hall–Kier alpha value is -2.66. The SMILES string of the molecule is C[C@@H](OC(=O)c1ccccc1C(=O)c1ccc(Cl)cc1)C(=O)N1CCCC1. The summed E-state index contributed by atoms with van der Waals surface area (Å²) in [6.45, 7) is 2.93. The number of ether oxygens (including phenoxy) is 1. The Morgan fingerprint density at radius 1 is 0.963 bits per heavy atom. The van der Waals surface area contributed by atoms with E-state index in [2.05, 4.69) is 0 Å². The third kappa shape index (κ3) is 4.37. The van der Waals surface area contributed by atoms with Gasteiger partial charge in [-0.15, -0.1) is 0 Å². The predicted octanol–water partition coefficient (Wildman–Crippen LogP) is 3.74. The van der Waals surface area contributed by atoms with Crippen LogP contribution in [-0.2, 0) is 9.53 Å². The van der Waals surface area contributed by atoms with Crippen LogP contribution in [0.2, 0.25) is 5.02 Å². The molecule has 5 nitrogen and oxygen atoms in total. The monoisotopic (exact) mass is 385 g/mol. The van der Waals surface area contributed by atoms with Crippen molar-refractivity contribution in [2.75, 3.05) is 13.1 Å². The van der Waals surface area contributed by atoms with Crippen molar-refractivity contribution in [3.63, 3.8) is 0 Å². The molecular weight excluding hydrogens is 366 g/mol. The standard InChI is InChI=1S/C21H20ClNO4/c1-14(20(25)23-12-4-5-13-23)27-21(26)18-7-3-2-6-17(18)19(24)15-8-10-16(22)11-9-15/h2-3,6-11,14H,4-5,12-13H2,1H3/t14-/m1/s1. The Bertz CT molecular complexity index is 857. The van der Waals surface area contributed by atoms with Crippen molar-refractivity contribution < 1.29 is 19.1 Å². The normalized spacial score (nSPS) is 14.7. The molecule has 0 saturated carbocycles. The summed E-state index contributed by atoms with van der Waals surface area (Å²) < 4.78 is 5.35. The number of rotatable bonds is 5. The fourth-order valence-electron chi connectivity index (χ4n) is 3.08. The molecule has 0 radical (unpaired) electrons. The van der Waals surface area contributed by atoms with Crippen LogP contribution in [0.3, 0.4) is 0 Å². The molecule has 0 unspecified atom stereocenters. The molecule has 1 heterocycles. The lowest BCUT2D eigenvalue weighted by Crippen LogP contribution is -2.38. The summed E-state index contributed by atoms with van der Waals surface area (Å²) in [5.41, 5.74) is 0.782. The zero-order chi connectivity index (χ0) is 19.4. The maximum atomic E-state index is 12.8. The molecule has 2 aromatic carbocycles. The lowest BCUT2D eigenvalue weighted by molar-refractivity contribution is -0.138. The molecule has 27 heavy (non-hydrogen) atoms. The number of hydrogen-bond donors (Lipinski definition) is 0. The van der Waals surface area contributed by atoms with E-state index in [4.69, 9.17) is 16.3 Å². The van der Waals surface area contributed by atoms with Crippen molar-refractivity contribution >= 4 is 29.3 Å². The molecule has 2 aromatic rings. The molecule has 1 aliphatic heterocycles. The summed E-state index contributed by atoms with van der Waals surface area (Å²) in [6.07, 6.45) is 1.03. The molecule has 1 atom stereocenters. The van der Waals surface area contributed by atoms with Crippen LogP contribution in [0.15, 0.2) is 48.5 Å². The van der Waals surface area contributed by atoms with Gasteiger partial charge in [0, 0.05) is 29.2 Å². The first kappa shape index (κ1) is 19.1. The molecule has 0 aromatic heterocycles. The third-order valence-corrected chi connectivity index (χ3v) is 4.80. The van der Waals surface area contributed by atoms with Crippen molar-refractivity contribution in [2.45, 2.75) is 25.9 Å². The smallest absolute Gasteiger partial charge is 0.339 e. The molecule has 1 fully saturated rings. The quantitative estimate of drug-likeness (QED) is 0.581. The van der Waals surface area contributed by atoms with Crippen LogP contribution in [-0.4, -0.2) is 41.8 Å². The maximum Gasteiger partial charge on any atom is 0.339 e. The zero-order valence-electron chi connectivity index (χ0n) is 15.0. The van der Waals surface area contributed by atoms with Crippen LogP contribution in [0, 0.1) is 0 Å². The second-order valence-electron chi connectivity index (χ2n) is 6.46. The summed E-state index contributed by atoms with van der Waals surface area (Å²) in [5, 5.41) is 0.522. The molecule has 1 amide bonds. The Labute approximate surface area is 162 Å². The number of hydrogen-bond acceptors (Lipinski definition) is 4. The summed E-state index contributed by atoms with van der Waals surface area (Å²) in [6, 6.07) is 12.9. The molecule has 0 spiro atoms. The van der Waals surface area contributed by atoms with E-state index in [1.807, 2.05) is 0 Å². The maximum absolute atomic E-state index is 12.8. The van der Waals surface area contributed by atoms with Gasteiger partial charge in [0.15, 0.2) is 11.9 Å². The van der Waals surface area contributed by atoms with Crippen molar-refractivity contribution in [1.29, 1.82) is 0 Å². The van der Waals surface area contributed by atoms with Crippen molar-refractivity contribution in [3.8, 4) is 0 Å². The number of likely N-dealkylation sites (tertiary alicyclic amines) is 1. The number of ketones is 1. The van der Waals surface area contributed by atoms with E-state index in [-0.39, 0.29) is 22.8 Å². The van der Waals surface area contributed by atoms with Crippen LogP contribution in [0.25, 0.3) is 0 Å². The van der Waals surface area contributed by atoms with Gasteiger partial charge in [0.25, 0.3) is 5.91 Å². The lowest BCUT2D eigenvalue weighted by Gasteiger charge is -2.20. The van der Waals surface area contributed by atoms with Gasteiger partial charge in [0.1, 0.15) is 0 Å². The Balaban J connectivity index is 1.78. The zero-order valence-corrected chi connectivity index (χ0v) is 15.7. The van der Waals surface area contributed by atoms with Crippen molar-refractivity contribution in [2.24, 2.45) is 0 Å². The predicted molar refractivity (Wildman–Crippen MR) is 102 cm³/mol. The van der Waals surface area contributed by atoms with Gasteiger partial charge >= 0.3 is 5.97 Å². The van der Waals surface area contributed by atoms with E-state index in [1.165, 1.54) is 6.07 Å². The van der Waals surface area contributed by atoms with Crippen molar-refractivity contribution in [3.05, 3.63) is 70.2 Å². The number of halogens is 1. The van der Waals surface area contributed by atoms with Crippen LogP contribution in [0.4, 0.5) is 0 Å². The summed E-state index contributed by atoms with van der Waals surface area (Å²) in [7, 11) is 0. The first-order chi connectivity index (χ1) is 13.0. The minimum atomic E-state index is -0.894. The van der Waals surface area contributed by atoms with Crippen LogP contribution in [0.1, 0.15) is 46.0 Å². The minimum Gasteiger partial charge on any atom is -0.449 e. The van der Waals surface area contributed by atoms with Gasteiger partial charge in [0.2, 0.25) is 0 Å². The van der Waals surface area contributed by atoms with E-state index in [0.29, 0.717) is 23.7 Å². The first-order valence-electron chi connectivity index (χ1n) is 8.86. The largest absolute Gasteiger partial charge is 0.449 e. The van der Waals surface area contributed by atoms with E-state index < -0.39 is 12.1 Å². The summed E-state index contributed by atoms with van der Waals surface area (Å²) in [5.74, 6) is -1.20. The first-order valence-corrected chi connectivity index (χ1v) is 9.24. The second-order valence-corrected chi connectivity index (χ2v) is 6.90. The Morgan fingerprint density at radius 2 is 1.56 bits per heavy atom. The third-order valence-electron chi connectivity index (χ3n) is 4.55. The van der Waals surface area contributed by atoms with Gasteiger partial charge in [0.05, 0.1) is 5.56 Å². The molecule has 1 saturated heterocycles. The van der Waals surface area contributed by atoms with E-state index in [1.54, 1.807) is 54.3 Å². The van der Waals surface area contributed by atoms with Crippen LogP contribution in [0.5, 0.6) is 0 Å². The minimum absolute atomic E-state index is 0.138. The number of esters is 1. The number of nitrogens with zero attached hydrogens (tertiary/aromatic N) is 1. The van der Waals surface area contributed by atoms with Crippen LogP contribution >= 0.6 is 11.6 Å². The van der Waals surface area contributed by atoms with Gasteiger partial charge in [-0.25, -0.2) is 4.79 Å². The molecule has 140 valence electrons. The molecule has 0 N–H and O–H groups in total. The second kappa shape index (κ2) is 8.35. The highest BCUT2D eigenvalue weighted by Crippen LogP contribution is 2.19. The molecule has 6 heteroatoms. The molecule has 0 aliphatic carbocycles. The Morgan fingerprint density at radius 3 is 2.19 bits per heavy atom. The number of amides is 1. The lowest BCUT2D eigenvalue weighted by atomic mass is 9.98. The fourth-order valence-corrected chi connectivity index (χ4v) is 3.21. The highest BCUT2D eigenvalue weighted by atomic mass is 35.5. The summed E-state index contributed by atoms with van der Waals surface area (Å²) in [4.78, 5) is 39.5. The highest BCUT2D eigenvalue weighted by Gasteiger charge is 2.27.